The van der Waals surface area contributed by atoms with E-state index < -0.39 is 35.0 Å². The van der Waals surface area contributed by atoms with Gasteiger partial charge in [0.05, 0.1) is 11.4 Å². The maximum Gasteiger partial charge on any atom is 0.270 e. The normalized spacial score (nSPS) is 12.4. The first-order valence-corrected chi connectivity index (χ1v) is 8.82. The van der Waals surface area contributed by atoms with Gasteiger partial charge in [-0.3, -0.25) is 9.59 Å². The molecule has 29 heavy (non-hydrogen) atoms. The Balaban J connectivity index is 1.75. The number of fused-ring (bicyclic) bond motifs is 2. The Hall–Kier alpha value is -3.55. The van der Waals surface area contributed by atoms with Crippen LogP contribution in [0, 0.1) is 17.5 Å². The number of hydrogen-bond acceptors (Lipinski definition) is 2. The molecule has 0 saturated heterocycles. The molecular formula is C21H16F3N3O2. The van der Waals surface area contributed by atoms with E-state index in [1.54, 1.807) is 13.0 Å². The SMILES string of the molecule is CC(c1c[nH]c(=O)c2cc(F)c(F)cc12)N(C)C(=O)c1cc2c(F)cccc2[nH]1. The monoisotopic (exact) mass is 399 g/mol. The van der Waals surface area contributed by atoms with Gasteiger partial charge < -0.3 is 14.9 Å². The maximum atomic E-state index is 13.9. The molecule has 0 aliphatic carbocycles. The largest absolute Gasteiger partial charge is 0.350 e. The Labute approximate surface area is 162 Å². The van der Waals surface area contributed by atoms with E-state index in [1.807, 2.05) is 0 Å². The highest BCUT2D eigenvalue weighted by Crippen LogP contribution is 2.28. The molecule has 8 heteroatoms. The molecule has 0 bridgehead atoms. The van der Waals surface area contributed by atoms with Crippen molar-refractivity contribution in [2.75, 3.05) is 7.05 Å². The number of aromatic amines is 2. The molecule has 1 atom stereocenters. The Morgan fingerprint density at radius 2 is 1.69 bits per heavy atom. The van der Waals surface area contributed by atoms with Gasteiger partial charge in [0, 0.05) is 24.1 Å². The Morgan fingerprint density at radius 1 is 1.00 bits per heavy atom. The molecule has 5 nitrogen and oxygen atoms in total. The fraction of sp³-hybridized carbons (Fsp3) is 0.143. The Bertz CT molecular complexity index is 1330. The second kappa shape index (κ2) is 6.80. The smallest absolute Gasteiger partial charge is 0.270 e. The number of amides is 1. The van der Waals surface area contributed by atoms with Gasteiger partial charge in [0.25, 0.3) is 11.5 Å². The van der Waals surface area contributed by atoms with E-state index in [9.17, 15) is 22.8 Å². The van der Waals surface area contributed by atoms with Crippen LogP contribution in [0.4, 0.5) is 13.2 Å². The lowest BCUT2D eigenvalue weighted by Crippen LogP contribution is -2.30. The summed E-state index contributed by atoms with van der Waals surface area (Å²) in [6.45, 7) is 1.69. The van der Waals surface area contributed by atoms with Gasteiger partial charge in [-0.15, -0.1) is 0 Å². The number of pyridine rings is 1. The molecule has 1 unspecified atom stereocenters. The average molecular weight is 399 g/mol. The van der Waals surface area contributed by atoms with Crippen LogP contribution in [0.5, 0.6) is 0 Å². The highest BCUT2D eigenvalue weighted by atomic mass is 19.2. The van der Waals surface area contributed by atoms with Crippen LogP contribution in [0.1, 0.15) is 29.0 Å². The van der Waals surface area contributed by atoms with E-state index in [2.05, 4.69) is 9.97 Å². The molecule has 2 heterocycles. The first-order chi connectivity index (χ1) is 13.8. The fourth-order valence-corrected chi connectivity index (χ4v) is 3.43. The van der Waals surface area contributed by atoms with Crippen LogP contribution in [0.15, 0.2) is 47.4 Å². The van der Waals surface area contributed by atoms with Crippen LogP contribution >= 0.6 is 0 Å². The van der Waals surface area contributed by atoms with Crippen LogP contribution in [0.2, 0.25) is 0 Å². The van der Waals surface area contributed by atoms with Crippen LogP contribution in [-0.4, -0.2) is 27.8 Å². The topological polar surface area (TPSA) is 69.0 Å². The summed E-state index contributed by atoms with van der Waals surface area (Å²) in [5, 5.41) is 0.494. The van der Waals surface area contributed by atoms with Crippen molar-refractivity contribution < 1.29 is 18.0 Å². The van der Waals surface area contributed by atoms with E-state index in [-0.39, 0.29) is 16.5 Å². The second-order valence-electron chi connectivity index (χ2n) is 6.86. The number of nitrogens with one attached hydrogen (secondary N) is 2. The average Bonchev–Trinajstić information content (AvgIpc) is 3.14. The van der Waals surface area contributed by atoms with Crippen LogP contribution < -0.4 is 5.56 Å². The maximum absolute atomic E-state index is 13.9. The molecule has 4 aromatic rings. The predicted octanol–water partition coefficient (Wildman–Crippen LogP) is 4.26. The molecule has 0 aliphatic rings. The lowest BCUT2D eigenvalue weighted by Gasteiger charge is -2.25. The van der Waals surface area contributed by atoms with Gasteiger partial charge in [-0.2, -0.15) is 0 Å². The predicted molar refractivity (Wildman–Crippen MR) is 103 cm³/mol. The minimum atomic E-state index is -1.13. The second-order valence-corrected chi connectivity index (χ2v) is 6.86. The zero-order valence-corrected chi connectivity index (χ0v) is 15.5. The molecular weight excluding hydrogens is 383 g/mol. The summed E-state index contributed by atoms with van der Waals surface area (Å²) < 4.78 is 41.3. The number of nitrogens with zero attached hydrogens (tertiary/aromatic N) is 1. The molecule has 0 fully saturated rings. The molecule has 0 spiro atoms. The summed E-state index contributed by atoms with van der Waals surface area (Å²) >= 11 is 0. The highest BCUT2D eigenvalue weighted by molar-refractivity contribution is 5.98. The molecule has 2 aromatic carbocycles. The summed E-state index contributed by atoms with van der Waals surface area (Å²) in [6.07, 6.45) is 1.38. The highest BCUT2D eigenvalue weighted by Gasteiger charge is 2.23. The third kappa shape index (κ3) is 3.06. The van der Waals surface area contributed by atoms with Gasteiger partial charge in [-0.1, -0.05) is 6.07 Å². The number of carbonyl (C=O) groups is 1. The first-order valence-electron chi connectivity index (χ1n) is 8.82. The summed E-state index contributed by atoms with van der Waals surface area (Å²) in [4.78, 5) is 31.7. The molecule has 148 valence electrons. The fourth-order valence-electron chi connectivity index (χ4n) is 3.43. The summed E-state index contributed by atoms with van der Waals surface area (Å²) in [5.74, 6) is -3.08. The summed E-state index contributed by atoms with van der Waals surface area (Å²) in [6, 6.07) is 7.11. The number of carbonyl (C=O) groups excluding carboxylic acids is 1. The first kappa shape index (κ1) is 18.8. The van der Waals surface area contributed by atoms with Gasteiger partial charge in [-0.05, 0) is 48.2 Å². The summed E-state index contributed by atoms with van der Waals surface area (Å²) in [5.41, 5.74) is 0.554. The van der Waals surface area contributed by atoms with Crippen molar-refractivity contribution in [1.82, 2.24) is 14.9 Å². The molecule has 0 saturated carbocycles. The van der Waals surface area contributed by atoms with Crippen molar-refractivity contribution in [3.63, 3.8) is 0 Å². The lowest BCUT2D eigenvalue weighted by atomic mass is 10.0. The summed E-state index contributed by atoms with van der Waals surface area (Å²) in [7, 11) is 1.53. The van der Waals surface area contributed by atoms with Crippen molar-refractivity contribution in [3.05, 3.63) is 81.7 Å². The third-order valence-electron chi connectivity index (χ3n) is 5.17. The van der Waals surface area contributed by atoms with Gasteiger partial charge >= 0.3 is 0 Å². The molecule has 2 aromatic heterocycles. The quantitative estimate of drug-likeness (QED) is 0.541. The number of aromatic nitrogens is 2. The van der Waals surface area contributed by atoms with E-state index in [1.165, 1.54) is 36.3 Å². The van der Waals surface area contributed by atoms with Crippen molar-refractivity contribution in [2.24, 2.45) is 0 Å². The number of halogens is 3. The van der Waals surface area contributed by atoms with Crippen LogP contribution in [0.3, 0.4) is 0 Å². The van der Waals surface area contributed by atoms with E-state index in [0.29, 0.717) is 16.5 Å². The van der Waals surface area contributed by atoms with Crippen molar-refractivity contribution in [1.29, 1.82) is 0 Å². The molecule has 0 radical (unpaired) electrons. The number of benzene rings is 2. The minimum absolute atomic E-state index is 0.0122. The molecule has 2 N–H and O–H groups in total. The minimum Gasteiger partial charge on any atom is -0.350 e. The standard InChI is InChI=1S/C21H16F3N3O2/c1-10(14-9-25-20(28)12-7-17(24)16(23)6-11(12)14)27(2)21(29)19-8-13-15(22)4-3-5-18(13)26-19/h3-10,26H,1-2H3,(H,25,28). The molecule has 0 aliphatic heterocycles. The van der Waals surface area contributed by atoms with Crippen LogP contribution in [-0.2, 0) is 0 Å². The van der Waals surface area contributed by atoms with Crippen molar-refractivity contribution >= 4 is 27.6 Å². The number of H-pyrrole nitrogens is 2. The van der Waals surface area contributed by atoms with E-state index in [0.717, 1.165) is 12.1 Å². The van der Waals surface area contributed by atoms with Gasteiger partial charge in [0.2, 0.25) is 0 Å². The van der Waals surface area contributed by atoms with Gasteiger partial charge in [-0.25, -0.2) is 13.2 Å². The number of rotatable bonds is 3. The van der Waals surface area contributed by atoms with Gasteiger partial charge in [0.1, 0.15) is 11.5 Å². The Morgan fingerprint density at radius 3 is 2.38 bits per heavy atom. The molecule has 1 amide bonds. The van der Waals surface area contributed by atoms with Crippen molar-refractivity contribution in [2.45, 2.75) is 13.0 Å². The van der Waals surface area contributed by atoms with E-state index in [4.69, 9.17) is 0 Å². The third-order valence-corrected chi connectivity index (χ3v) is 5.17. The molecule has 4 rings (SSSR count). The van der Waals surface area contributed by atoms with Crippen LogP contribution in [0.25, 0.3) is 21.7 Å². The number of hydrogen-bond donors (Lipinski definition) is 2. The lowest BCUT2D eigenvalue weighted by molar-refractivity contribution is 0.0738. The van der Waals surface area contributed by atoms with E-state index >= 15 is 0 Å². The Kier molecular flexibility index (Phi) is 4.41. The van der Waals surface area contributed by atoms with Gasteiger partial charge in [0.15, 0.2) is 11.6 Å². The zero-order chi connectivity index (χ0) is 20.9. The van der Waals surface area contributed by atoms with Crippen molar-refractivity contribution in [3.8, 4) is 0 Å². The zero-order valence-electron chi connectivity index (χ0n) is 15.5.